The number of imide groups is 2. The normalized spacial score (nSPS) is 25.8. The molecule has 2 aliphatic carbocycles. The Balaban J connectivity index is 1.27. The summed E-state index contributed by atoms with van der Waals surface area (Å²) < 4.78 is 5.51. The Bertz CT molecular complexity index is 2450. The number of hydrazine groups is 1. The van der Waals surface area contributed by atoms with E-state index in [-0.39, 0.29) is 42.0 Å². The second-order valence-electron chi connectivity index (χ2n) is 14.7. The fourth-order valence-corrected chi connectivity index (χ4v) is 10.2. The monoisotopic (exact) mass is 771 g/mol. The van der Waals surface area contributed by atoms with Crippen molar-refractivity contribution in [2.45, 2.75) is 30.7 Å². The van der Waals surface area contributed by atoms with E-state index in [1.165, 1.54) is 11.0 Å². The van der Waals surface area contributed by atoms with Crippen LogP contribution in [0.5, 0.6) is 11.5 Å². The van der Waals surface area contributed by atoms with Crippen LogP contribution in [0.2, 0.25) is 10.0 Å². The largest absolute Gasteiger partial charge is 0.508 e. The number of carbonyl (C=O) groups excluding carboxylic acids is 4. The van der Waals surface area contributed by atoms with Gasteiger partial charge in [0.1, 0.15) is 11.5 Å². The van der Waals surface area contributed by atoms with Gasteiger partial charge in [0.15, 0.2) is 0 Å². The molecule has 5 aromatic carbocycles. The maximum atomic E-state index is 15.6. The SMILES string of the molecule is COc1ccc(C23C(=O)N(Nc4ccc(Cl)cc4Cl)C(=O)C2CC2C(=CCC4C(=O)N(Cc5ccccc5)C(=O)C42)C3c2c(O)ccc3ccccc23)cc1. The Morgan fingerprint density at radius 1 is 0.836 bits per heavy atom. The lowest BCUT2D eigenvalue weighted by atomic mass is 9.48. The van der Waals surface area contributed by atoms with E-state index in [0.29, 0.717) is 33.0 Å². The molecule has 55 heavy (non-hydrogen) atoms. The third kappa shape index (κ3) is 5.28. The predicted octanol–water partition coefficient (Wildman–Crippen LogP) is 8.05. The molecule has 4 amide bonds. The quantitative estimate of drug-likeness (QED) is 0.127. The smallest absolute Gasteiger partial charge is 0.260 e. The second-order valence-corrected chi connectivity index (χ2v) is 15.5. The summed E-state index contributed by atoms with van der Waals surface area (Å²) in [6.45, 7) is 0.136. The number of hydrogen-bond donors (Lipinski definition) is 2. The molecule has 276 valence electrons. The summed E-state index contributed by atoms with van der Waals surface area (Å²) in [6.07, 6.45) is 2.36. The van der Waals surface area contributed by atoms with Crippen molar-refractivity contribution in [3.63, 3.8) is 0 Å². The number of amides is 4. The summed E-state index contributed by atoms with van der Waals surface area (Å²) in [4.78, 5) is 60.7. The Kier molecular flexibility index (Phi) is 8.47. The highest BCUT2D eigenvalue weighted by molar-refractivity contribution is 6.36. The number of likely N-dealkylation sites (tertiary alicyclic amines) is 1. The van der Waals surface area contributed by atoms with E-state index < -0.39 is 46.8 Å². The lowest BCUT2D eigenvalue weighted by Gasteiger charge is -2.51. The van der Waals surface area contributed by atoms with Crippen molar-refractivity contribution in [1.29, 1.82) is 0 Å². The van der Waals surface area contributed by atoms with E-state index in [4.69, 9.17) is 27.9 Å². The number of aromatic hydroxyl groups is 1. The van der Waals surface area contributed by atoms with Gasteiger partial charge in [-0.05, 0) is 77.1 Å². The van der Waals surface area contributed by atoms with Gasteiger partial charge in [-0.15, -0.1) is 0 Å². The molecule has 2 saturated heterocycles. The number of phenols is 1. The Morgan fingerprint density at radius 2 is 1.58 bits per heavy atom. The van der Waals surface area contributed by atoms with Crippen LogP contribution in [0.15, 0.2) is 121 Å². The van der Waals surface area contributed by atoms with Gasteiger partial charge in [0, 0.05) is 16.5 Å². The van der Waals surface area contributed by atoms with Crippen LogP contribution in [0.4, 0.5) is 5.69 Å². The molecule has 2 N–H and O–H groups in total. The molecular formula is C44H35Cl2N3O6. The number of benzene rings is 5. The molecule has 0 aromatic heterocycles. The molecule has 9 rings (SSSR count). The summed E-state index contributed by atoms with van der Waals surface area (Å²) in [5.74, 6) is -5.04. The first-order chi connectivity index (χ1) is 26.6. The first-order valence-corrected chi connectivity index (χ1v) is 18.9. The van der Waals surface area contributed by atoms with Gasteiger partial charge in [0.25, 0.3) is 11.8 Å². The average molecular weight is 773 g/mol. The van der Waals surface area contributed by atoms with Crippen molar-refractivity contribution in [2.24, 2.45) is 23.7 Å². The molecule has 0 radical (unpaired) electrons. The van der Waals surface area contributed by atoms with Crippen LogP contribution in [0, 0.1) is 23.7 Å². The highest BCUT2D eigenvalue weighted by atomic mass is 35.5. The summed E-state index contributed by atoms with van der Waals surface area (Å²) in [6, 6.07) is 32.2. The third-order valence-corrected chi connectivity index (χ3v) is 12.6. The number of fused-ring (bicyclic) bond motifs is 5. The minimum absolute atomic E-state index is 0.0501. The maximum Gasteiger partial charge on any atom is 0.260 e. The van der Waals surface area contributed by atoms with Gasteiger partial charge in [0.05, 0.1) is 47.5 Å². The lowest BCUT2D eigenvalue weighted by Crippen LogP contribution is -2.53. The second kappa shape index (κ2) is 13.3. The number of allylic oxidation sites excluding steroid dienone is 2. The lowest BCUT2D eigenvalue weighted by molar-refractivity contribution is -0.142. The molecule has 1 saturated carbocycles. The van der Waals surface area contributed by atoms with Gasteiger partial charge < -0.3 is 9.84 Å². The molecule has 6 unspecified atom stereocenters. The number of phenolic OH excluding ortho intramolecular Hbond substituents is 1. The van der Waals surface area contributed by atoms with E-state index in [1.807, 2.05) is 66.7 Å². The molecule has 5 aromatic rings. The molecule has 4 aliphatic rings. The fourth-order valence-electron chi connectivity index (χ4n) is 9.73. The highest BCUT2D eigenvalue weighted by Crippen LogP contribution is 2.65. The van der Waals surface area contributed by atoms with E-state index in [2.05, 4.69) is 5.43 Å². The van der Waals surface area contributed by atoms with E-state index in [9.17, 15) is 14.7 Å². The van der Waals surface area contributed by atoms with Crippen molar-refractivity contribution < 1.29 is 29.0 Å². The van der Waals surface area contributed by atoms with Crippen molar-refractivity contribution in [3.05, 3.63) is 148 Å². The zero-order valence-electron chi connectivity index (χ0n) is 29.6. The third-order valence-electron chi connectivity index (χ3n) is 12.1. The number of hydrogen-bond acceptors (Lipinski definition) is 7. The first kappa shape index (κ1) is 35.1. The van der Waals surface area contributed by atoms with Gasteiger partial charge in [-0.25, -0.2) is 0 Å². The van der Waals surface area contributed by atoms with Crippen LogP contribution in [0.3, 0.4) is 0 Å². The van der Waals surface area contributed by atoms with Gasteiger partial charge in [-0.3, -0.25) is 29.5 Å². The Labute approximate surface area is 327 Å². The number of rotatable bonds is 7. The minimum atomic E-state index is -1.61. The zero-order valence-corrected chi connectivity index (χ0v) is 31.1. The van der Waals surface area contributed by atoms with Crippen LogP contribution in [0.25, 0.3) is 10.8 Å². The molecule has 2 heterocycles. The van der Waals surface area contributed by atoms with Gasteiger partial charge in [0.2, 0.25) is 11.8 Å². The molecule has 0 spiro atoms. The molecule has 6 atom stereocenters. The molecular weight excluding hydrogens is 737 g/mol. The predicted molar refractivity (Wildman–Crippen MR) is 208 cm³/mol. The number of methoxy groups -OCH3 is 1. The topological polar surface area (TPSA) is 116 Å². The number of anilines is 1. The van der Waals surface area contributed by atoms with Gasteiger partial charge >= 0.3 is 0 Å². The minimum Gasteiger partial charge on any atom is -0.508 e. The van der Waals surface area contributed by atoms with Crippen molar-refractivity contribution in [3.8, 4) is 11.5 Å². The molecule has 2 aliphatic heterocycles. The van der Waals surface area contributed by atoms with Gasteiger partial charge in [-0.1, -0.05) is 108 Å². The van der Waals surface area contributed by atoms with E-state index in [0.717, 1.165) is 21.5 Å². The maximum absolute atomic E-state index is 15.6. The number of ether oxygens (including phenoxy) is 1. The highest BCUT2D eigenvalue weighted by Gasteiger charge is 2.70. The number of halogens is 2. The summed E-state index contributed by atoms with van der Waals surface area (Å²) in [7, 11) is 1.55. The van der Waals surface area contributed by atoms with Crippen LogP contribution < -0.4 is 10.2 Å². The van der Waals surface area contributed by atoms with Crippen LogP contribution >= 0.6 is 23.2 Å². The molecule has 9 nitrogen and oxygen atoms in total. The van der Waals surface area contributed by atoms with Crippen molar-refractivity contribution in [2.75, 3.05) is 12.5 Å². The zero-order chi connectivity index (χ0) is 38.2. The van der Waals surface area contributed by atoms with Crippen LogP contribution in [-0.4, -0.2) is 45.8 Å². The average Bonchev–Trinajstić information content (AvgIpc) is 3.56. The summed E-state index contributed by atoms with van der Waals surface area (Å²) in [5.41, 5.74) is 4.30. The standard InChI is InChI=1S/C44H35Cl2N3O6/c1-55-28-15-12-26(13-16-28)44-33(41(52)49(43(44)54)47-35-19-14-27(45)21-34(35)46)22-32-30(39(44)38-29-10-6-5-9-25(29)11-20-36(38)50)17-18-31-37(32)42(53)48(40(31)51)23-24-7-3-2-4-8-24/h2-17,19-21,31-33,37,39,47,50H,18,22-23H2,1H3. The Hall–Kier alpha value is -5.64. The fraction of sp³-hybridized carbons (Fsp3) is 0.227. The van der Waals surface area contributed by atoms with Gasteiger partial charge in [-0.2, -0.15) is 5.01 Å². The van der Waals surface area contributed by atoms with Crippen molar-refractivity contribution in [1.82, 2.24) is 9.91 Å². The first-order valence-electron chi connectivity index (χ1n) is 18.2. The number of nitrogens with zero attached hydrogens (tertiary/aromatic N) is 2. The number of nitrogens with one attached hydrogen (secondary N) is 1. The van der Waals surface area contributed by atoms with Crippen LogP contribution in [-0.2, 0) is 31.1 Å². The Morgan fingerprint density at radius 3 is 2.33 bits per heavy atom. The number of carbonyl (C=O) groups is 4. The molecule has 11 heteroatoms. The summed E-state index contributed by atoms with van der Waals surface area (Å²) >= 11 is 12.8. The van der Waals surface area contributed by atoms with Crippen LogP contribution in [0.1, 0.15) is 35.4 Å². The van der Waals surface area contributed by atoms with Crippen molar-refractivity contribution >= 4 is 63.3 Å². The molecule has 3 fully saturated rings. The summed E-state index contributed by atoms with van der Waals surface area (Å²) in [5, 5.41) is 15.1. The molecule has 0 bridgehead atoms. The van der Waals surface area contributed by atoms with E-state index in [1.54, 1.807) is 49.6 Å². The van der Waals surface area contributed by atoms with E-state index >= 15 is 9.59 Å².